The Hall–Kier alpha value is -3.12. The topological polar surface area (TPSA) is 85.4 Å². The van der Waals surface area contributed by atoms with E-state index < -0.39 is 0 Å². The molecular weight excluding hydrogens is 378 g/mol. The van der Waals surface area contributed by atoms with Crippen molar-refractivity contribution in [2.75, 3.05) is 18.5 Å². The Labute approximate surface area is 175 Å². The summed E-state index contributed by atoms with van der Waals surface area (Å²) in [5.41, 5.74) is 5.15. The first-order chi connectivity index (χ1) is 14.5. The van der Waals surface area contributed by atoms with E-state index in [4.69, 9.17) is 0 Å². The molecule has 0 radical (unpaired) electrons. The van der Waals surface area contributed by atoms with Gasteiger partial charge in [0.15, 0.2) is 0 Å². The number of amides is 2. The third-order valence-electron chi connectivity index (χ3n) is 5.61. The molecule has 156 valence electrons. The first-order valence-electron chi connectivity index (χ1n) is 10.3. The molecule has 30 heavy (non-hydrogen) atoms. The van der Waals surface area contributed by atoms with Crippen LogP contribution in [-0.4, -0.2) is 34.2 Å². The summed E-state index contributed by atoms with van der Waals surface area (Å²) in [6, 6.07) is 13.4. The minimum Gasteiger partial charge on any atom is -0.395 e. The molecule has 0 spiro atoms. The third kappa shape index (κ3) is 4.24. The van der Waals surface area contributed by atoms with Gasteiger partial charge >= 0.3 is 6.03 Å². The summed E-state index contributed by atoms with van der Waals surface area (Å²) in [6.07, 6.45) is 2.27. The van der Waals surface area contributed by atoms with Gasteiger partial charge in [-0.2, -0.15) is 0 Å². The highest BCUT2D eigenvalue weighted by Gasteiger charge is 2.27. The molecule has 3 N–H and O–H groups in total. The van der Waals surface area contributed by atoms with Gasteiger partial charge in [0.1, 0.15) is 0 Å². The predicted octanol–water partition coefficient (Wildman–Crippen LogP) is 4.05. The van der Waals surface area contributed by atoms with Crippen molar-refractivity contribution in [2.45, 2.75) is 39.2 Å². The number of aliphatic hydroxyl groups is 1. The quantitative estimate of drug-likeness (QED) is 0.578. The maximum atomic E-state index is 13.0. The molecule has 1 fully saturated rings. The summed E-state index contributed by atoms with van der Waals surface area (Å²) in [5.74, 6) is 0.502. The fourth-order valence-electron chi connectivity index (χ4n) is 3.98. The Morgan fingerprint density at radius 2 is 1.97 bits per heavy atom. The van der Waals surface area contributed by atoms with Gasteiger partial charge in [0.25, 0.3) is 5.56 Å². The van der Waals surface area contributed by atoms with Gasteiger partial charge in [-0.3, -0.25) is 4.79 Å². The molecule has 2 amide bonds. The number of aromatic amines is 1. The largest absolute Gasteiger partial charge is 0.395 e. The Morgan fingerprint density at radius 3 is 2.70 bits per heavy atom. The van der Waals surface area contributed by atoms with Crippen LogP contribution >= 0.6 is 0 Å². The molecule has 0 unspecified atom stereocenters. The van der Waals surface area contributed by atoms with Crippen molar-refractivity contribution in [1.29, 1.82) is 0 Å². The summed E-state index contributed by atoms with van der Waals surface area (Å²) in [5, 5.41) is 13.4. The summed E-state index contributed by atoms with van der Waals surface area (Å²) in [4.78, 5) is 30.1. The van der Waals surface area contributed by atoms with Gasteiger partial charge in [-0.1, -0.05) is 29.8 Å². The number of benzene rings is 2. The summed E-state index contributed by atoms with van der Waals surface area (Å²) < 4.78 is 0. The molecule has 1 aromatic heterocycles. The van der Waals surface area contributed by atoms with Gasteiger partial charge in [0, 0.05) is 17.8 Å². The van der Waals surface area contributed by atoms with Gasteiger partial charge < -0.3 is 20.3 Å². The van der Waals surface area contributed by atoms with Crippen molar-refractivity contribution in [3.05, 3.63) is 75.1 Å². The number of carbonyl (C=O) groups is 1. The van der Waals surface area contributed by atoms with Crippen LogP contribution in [0.4, 0.5) is 10.5 Å². The van der Waals surface area contributed by atoms with Crippen LogP contribution in [0.1, 0.15) is 41.0 Å². The van der Waals surface area contributed by atoms with Crippen LogP contribution in [0.3, 0.4) is 0 Å². The van der Waals surface area contributed by atoms with E-state index in [2.05, 4.69) is 10.3 Å². The van der Waals surface area contributed by atoms with Crippen molar-refractivity contribution < 1.29 is 9.90 Å². The van der Waals surface area contributed by atoms with Crippen LogP contribution in [0.5, 0.6) is 0 Å². The van der Waals surface area contributed by atoms with E-state index in [9.17, 15) is 14.7 Å². The van der Waals surface area contributed by atoms with Gasteiger partial charge in [-0.15, -0.1) is 0 Å². The zero-order valence-corrected chi connectivity index (χ0v) is 17.4. The van der Waals surface area contributed by atoms with E-state index in [-0.39, 0.29) is 31.3 Å². The van der Waals surface area contributed by atoms with Crippen LogP contribution in [0.25, 0.3) is 10.9 Å². The van der Waals surface area contributed by atoms with Gasteiger partial charge in [-0.05, 0) is 67.3 Å². The molecule has 4 rings (SSSR count). The number of urea groups is 1. The number of rotatable bonds is 6. The average molecular weight is 405 g/mol. The monoisotopic (exact) mass is 405 g/mol. The molecule has 2 aromatic carbocycles. The van der Waals surface area contributed by atoms with E-state index in [0.717, 1.165) is 46.1 Å². The summed E-state index contributed by atoms with van der Waals surface area (Å²) in [6.45, 7) is 4.06. The van der Waals surface area contributed by atoms with E-state index in [1.807, 2.05) is 56.3 Å². The zero-order valence-electron chi connectivity index (χ0n) is 17.4. The van der Waals surface area contributed by atoms with Crippen LogP contribution < -0.4 is 10.9 Å². The molecule has 0 saturated heterocycles. The molecule has 6 nitrogen and oxygen atoms in total. The highest BCUT2D eigenvalue weighted by Crippen LogP contribution is 2.43. The lowest BCUT2D eigenvalue weighted by atomic mass is 10.1. The molecular formula is C24H27N3O3. The van der Waals surface area contributed by atoms with Crippen LogP contribution in [-0.2, 0) is 6.54 Å². The second kappa shape index (κ2) is 8.32. The number of anilines is 1. The summed E-state index contributed by atoms with van der Waals surface area (Å²) >= 11 is 0. The molecule has 1 aliphatic rings. The van der Waals surface area contributed by atoms with E-state index in [1.165, 1.54) is 4.90 Å². The molecule has 0 aliphatic heterocycles. The lowest BCUT2D eigenvalue weighted by Gasteiger charge is -2.23. The number of aryl methyl sites for hydroxylation is 2. The van der Waals surface area contributed by atoms with Crippen LogP contribution in [0.2, 0.25) is 0 Å². The molecule has 1 aliphatic carbocycles. The predicted molar refractivity (Wildman–Crippen MR) is 119 cm³/mol. The molecule has 3 aromatic rings. The van der Waals surface area contributed by atoms with Gasteiger partial charge in [-0.25, -0.2) is 4.79 Å². The number of fused-ring (bicyclic) bond motifs is 1. The van der Waals surface area contributed by atoms with Crippen LogP contribution in [0.15, 0.2) is 47.3 Å². The van der Waals surface area contributed by atoms with Crippen molar-refractivity contribution in [3.63, 3.8) is 0 Å². The number of H-pyrrole nitrogens is 1. The smallest absolute Gasteiger partial charge is 0.322 e. The normalized spacial score (nSPS) is 13.4. The minimum absolute atomic E-state index is 0.121. The second-order valence-electron chi connectivity index (χ2n) is 8.11. The van der Waals surface area contributed by atoms with E-state index >= 15 is 0 Å². The summed E-state index contributed by atoms with van der Waals surface area (Å²) in [7, 11) is 0. The third-order valence-corrected chi connectivity index (χ3v) is 5.61. The van der Waals surface area contributed by atoms with Crippen molar-refractivity contribution in [3.8, 4) is 0 Å². The molecule has 1 saturated carbocycles. The number of hydrogen-bond donors (Lipinski definition) is 3. The minimum atomic E-state index is -0.322. The number of carbonyl (C=O) groups excluding carboxylic acids is 1. The first kappa shape index (κ1) is 20.2. The number of nitrogens with zero attached hydrogens (tertiary/aromatic N) is 1. The number of hydrogen-bond acceptors (Lipinski definition) is 3. The van der Waals surface area contributed by atoms with Gasteiger partial charge in [0.2, 0.25) is 0 Å². The number of pyridine rings is 1. The average Bonchev–Trinajstić information content (AvgIpc) is 3.54. The highest BCUT2D eigenvalue weighted by molar-refractivity contribution is 5.90. The number of para-hydroxylation sites is 1. The van der Waals surface area contributed by atoms with Crippen LogP contribution in [0, 0.1) is 13.8 Å². The Balaban J connectivity index is 1.60. The van der Waals surface area contributed by atoms with E-state index in [1.54, 1.807) is 0 Å². The zero-order chi connectivity index (χ0) is 21.3. The maximum Gasteiger partial charge on any atom is 0.322 e. The van der Waals surface area contributed by atoms with Crippen molar-refractivity contribution >= 4 is 22.6 Å². The number of aromatic nitrogens is 1. The lowest BCUT2D eigenvalue weighted by molar-refractivity contribution is 0.185. The Kier molecular flexibility index (Phi) is 5.59. The standard InChI is InChI=1S/C24H27N3O3/c1-15-11-16(2)22-18(12-15)13-19(23(29)26-22)14-27(9-10-28)24(30)25-21-6-4-3-5-20(21)17-7-8-17/h3-6,11-13,17,28H,7-10,14H2,1-2H3,(H,25,30)(H,26,29). The fourth-order valence-corrected chi connectivity index (χ4v) is 3.98. The number of nitrogens with one attached hydrogen (secondary N) is 2. The van der Waals surface area contributed by atoms with Crippen molar-refractivity contribution in [1.82, 2.24) is 9.88 Å². The molecule has 0 bridgehead atoms. The first-order valence-corrected chi connectivity index (χ1v) is 10.3. The van der Waals surface area contributed by atoms with E-state index in [0.29, 0.717) is 11.5 Å². The maximum absolute atomic E-state index is 13.0. The molecule has 1 heterocycles. The highest BCUT2D eigenvalue weighted by atomic mass is 16.3. The fraction of sp³-hybridized carbons (Fsp3) is 0.333. The Bertz CT molecular complexity index is 1150. The number of aliphatic hydroxyl groups excluding tert-OH is 1. The van der Waals surface area contributed by atoms with Crippen molar-refractivity contribution in [2.24, 2.45) is 0 Å². The lowest BCUT2D eigenvalue weighted by Crippen LogP contribution is -2.38. The molecule has 0 atom stereocenters. The second-order valence-corrected chi connectivity index (χ2v) is 8.11. The molecule has 6 heteroatoms. The van der Waals surface area contributed by atoms with Gasteiger partial charge in [0.05, 0.1) is 18.7 Å². The SMILES string of the molecule is Cc1cc(C)c2[nH]c(=O)c(CN(CCO)C(=O)Nc3ccccc3C3CC3)cc2c1. The Morgan fingerprint density at radius 1 is 1.20 bits per heavy atom.